The second-order valence-corrected chi connectivity index (χ2v) is 4.90. The van der Waals surface area contributed by atoms with Crippen molar-refractivity contribution in [2.24, 2.45) is 0 Å². The molecule has 1 aromatic carbocycles. The van der Waals surface area contributed by atoms with Crippen molar-refractivity contribution in [3.8, 4) is 0 Å². The number of aromatic nitrogens is 2. The first-order chi connectivity index (χ1) is 9.61. The molecule has 0 atom stereocenters. The molecular formula is C13H13BrFN3O2. The maximum Gasteiger partial charge on any atom is 0.283 e. The zero-order valence-corrected chi connectivity index (χ0v) is 12.1. The number of nitrogens with zero attached hydrogens (tertiary/aromatic N) is 2. The summed E-state index contributed by atoms with van der Waals surface area (Å²) in [4.78, 5) is 11.9. The van der Waals surface area contributed by atoms with Gasteiger partial charge >= 0.3 is 0 Å². The first kappa shape index (κ1) is 14.7. The van der Waals surface area contributed by atoms with Crippen molar-refractivity contribution in [2.75, 3.05) is 11.9 Å². The summed E-state index contributed by atoms with van der Waals surface area (Å²) in [6.45, 7) is 0.446. The van der Waals surface area contributed by atoms with Gasteiger partial charge < -0.3 is 10.4 Å². The lowest BCUT2D eigenvalue weighted by molar-refractivity contribution is 0.266. The Hall–Kier alpha value is -1.73. The number of benzene rings is 1. The molecule has 0 saturated carbocycles. The Morgan fingerprint density at radius 2 is 2.05 bits per heavy atom. The molecule has 1 heterocycles. The highest BCUT2D eigenvalue weighted by Crippen LogP contribution is 2.17. The zero-order chi connectivity index (χ0) is 14.5. The molecule has 106 valence electrons. The largest absolute Gasteiger partial charge is 0.394 e. The van der Waals surface area contributed by atoms with Crippen molar-refractivity contribution in [3.63, 3.8) is 0 Å². The van der Waals surface area contributed by atoms with E-state index in [4.69, 9.17) is 5.11 Å². The van der Waals surface area contributed by atoms with E-state index >= 15 is 0 Å². The minimum Gasteiger partial charge on any atom is -0.394 e. The highest BCUT2D eigenvalue weighted by molar-refractivity contribution is 9.10. The van der Waals surface area contributed by atoms with Crippen LogP contribution in [0.3, 0.4) is 0 Å². The summed E-state index contributed by atoms with van der Waals surface area (Å²) in [6, 6.07) is 6.08. The summed E-state index contributed by atoms with van der Waals surface area (Å²) < 4.78 is 14.3. The van der Waals surface area contributed by atoms with Crippen molar-refractivity contribution in [3.05, 3.63) is 56.7 Å². The summed E-state index contributed by atoms with van der Waals surface area (Å²) >= 11 is 3.21. The molecule has 2 N–H and O–H groups in total. The van der Waals surface area contributed by atoms with Gasteiger partial charge in [-0.25, -0.2) is 9.07 Å². The third kappa shape index (κ3) is 3.43. The molecule has 2 rings (SSSR count). The van der Waals surface area contributed by atoms with Crippen LogP contribution < -0.4 is 10.9 Å². The molecule has 0 spiro atoms. The van der Waals surface area contributed by atoms with Gasteiger partial charge in [0.15, 0.2) is 0 Å². The standard InChI is InChI=1S/C13H13BrFN3O2/c14-12-11(8-17-18(5-6-19)13(12)20)16-7-9-1-3-10(15)4-2-9/h1-4,8,16,19H,5-7H2. The van der Waals surface area contributed by atoms with Crippen molar-refractivity contribution in [2.45, 2.75) is 13.1 Å². The zero-order valence-electron chi connectivity index (χ0n) is 10.5. The summed E-state index contributed by atoms with van der Waals surface area (Å²) in [5.74, 6) is -0.289. The summed E-state index contributed by atoms with van der Waals surface area (Å²) in [5, 5.41) is 15.8. The Morgan fingerprint density at radius 1 is 1.35 bits per heavy atom. The van der Waals surface area contributed by atoms with E-state index in [1.807, 2.05) is 0 Å². The van der Waals surface area contributed by atoms with Crippen LogP contribution in [0.1, 0.15) is 5.56 Å². The number of anilines is 1. The fourth-order valence-electron chi connectivity index (χ4n) is 1.64. The van der Waals surface area contributed by atoms with Gasteiger partial charge in [-0.3, -0.25) is 4.79 Å². The molecule has 1 aromatic heterocycles. The molecule has 20 heavy (non-hydrogen) atoms. The monoisotopic (exact) mass is 341 g/mol. The molecule has 0 radical (unpaired) electrons. The molecule has 5 nitrogen and oxygen atoms in total. The van der Waals surface area contributed by atoms with Crippen molar-refractivity contribution >= 4 is 21.6 Å². The van der Waals surface area contributed by atoms with Gasteiger partial charge in [-0.05, 0) is 33.6 Å². The molecule has 0 saturated heterocycles. The highest BCUT2D eigenvalue weighted by atomic mass is 79.9. The number of hydrogen-bond donors (Lipinski definition) is 2. The summed E-state index contributed by atoms with van der Waals surface area (Å²) in [5.41, 5.74) is 1.12. The Morgan fingerprint density at radius 3 is 2.70 bits per heavy atom. The number of halogens is 2. The van der Waals surface area contributed by atoms with Crippen LogP contribution in [0.4, 0.5) is 10.1 Å². The van der Waals surface area contributed by atoms with Gasteiger partial charge in [-0.2, -0.15) is 5.10 Å². The van der Waals surface area contributed by atoms with Gasteiger partial charge in [0.25, 0.3) is 5.56 Å². The van der Waals surface area contributed by atoms with Crippen LogP contribution in [0, 0.1) is 5.82 Å². The normalized spacial score (nSPS) is 10.6. The lowest BCUT2D eigenvalue weighted by atomic mass is 10.2. The molecule has 0 bridgehead atoms. The van der Waals surface area contributed by atoms with Crippen molar-refractivity contribution in [1.82, 2.24) is 9.78 Å². The second-order valence-electron chi connectivity index (χ2n) is 4.10. The molecule has 0 aliphatic carbocycles. The molecular weight excluding hydrogens is 329 g/mol. The Balaban J connectivity index is 2.12. The molecule has 0 fully saturated rings. The number of aliphatic hydroxyl groups is 1. The summed E-state index contributed by atoms with van der Waals surface area (Å²) in [6.07, 6.45) is 1.50. The smallest absolute Gasteiger partial charge is 0.283 e. The SMILES string of the molecule is O=c1c(Br)c(NCc2ccc(F)cc2)cnn1CCO. The number of hydrogen-bond acceptors (Lipinski definition) is 4. The predicted octanol–water partition coefficient (Wildman–Crippen LogP) is 1.75. The number of nitrogens with one attached hydrogen (secondary N) is 1. The van der Waals surface area contributed by atoms with Crippen LogP contribution in [-0.2, 0) is 13.1 Å². The lowest BCUT2D eigenvalue weighted by Gasteiger charge is -2.10. The van der Waals surface area contributed by atoms with Crippen molar-refractivity contribution in [1.29, 1.82) is 0 Å². The van der Waals surface area contributed by atoms with Crippen LogP contribution >= 0.6 is 15.9 Å². The maximum absolute atomic E-state index is 12.8. The van der Waals surface area contributed by atoms with E-state index in [1.54, 1.807) is 12.1 Å². The van der Waals surface area contributed by atoms with E-state index in [-0.39, 0.29) is 24.5 Å². The highest BCUT2D eigenvalue weighted by Gasteiger charge is 2.08. The van der Waals surface area contributed by atoms with Crippen LogP contribution in [0.2, 0.25) is 0 Å². The van der Waals surface area contributed by atoms with Gasteiger partial charge in [-0.15, -0.1) is 0 Å². The third-order valence-corrected chi connectivity index (χ3v) is 3.46. The van der Waals surface area contributed by atoms with Crippen LogP contribution in [0.15, 0.2) is 39.7 Å². The lowest BCUT2D eigenvalue weighted by Crippen LogP contribution is -2.25. The van der Waals surface area contributed by atoms with E-state index in [2.05, 4.69) is 26.3 Å². The van der Waals surface area contributed by atoms with Gasteiger partial charge in [0, 0.05) is 6.54 Å². The molecule has 0 aliphatic heterocycles. The van der Waals surface area contributed by atoms with E-state index in [1.165, 1.54) is 23.0 Å². The average molecular weight is 342 g/mol. The van der Waals surface area contributed by atoms with Gasteiger partial charge in [0.2, 0.25) is 0 Å². The first-order valence-electron chi connectivity index (χ1n) is 5.96. The van der Waals surface area contributed by atoms with Crippen LogP contribution in [-0.4, -0.2) is 21.5 Å². The van der Waals surface area contributed by atoms with Gasteiger partial charge in [0.1, 0.15) is 10.3 Å². The topological polar surface area (TPSA) is 67.2 Å². The molecule has 0 amide bonds. The van der Waals surface area contributed by atoms with E-state index in [9.17, 15) is 9.18 Å². The minimum absolute atomic E-state index is 0.148. The van der Waals surface area contributed by atoms with E-state index in [0.29, 0.717) is 16.7 Å². The third-order valence-electron chi connectivity index (χ3n) is 2.69. The Labute approximate surface area is 123 Å². The molecule has 0 aliphatic rings. The summed E-state index contributed by atoms with van der Waals surface area (Å²) in [7, 11) is 0. The maximum atomic E-state index is 12.8. The minimum atomic E-state index is -0.317. The fraction of sp³-hybridized carbons (Fsp3) is 0.231. The average Bonchev–Trinajstić information content (AvgIpc) is 2.45. The first-order valence-corrected chi connectivity index (χ1v) is 6.76. The predicted molar refractivity (Wildman–Crippen MR) is 77.0 cm³/mol. The number of aliphatic hydroxyl groups excluding tert-OH is 1. The fourth-order valence-corrected chi connectivity index (χ4v) is 2.09. The quantitative estimate of drug-likeness (QED) is 0.869. The molecule has 2 aromatic rings. The van der Waals surface area contributed by atoms with E-state index < -0.39 is 0 Å². The Bertz CT molecular complexity index is 643. The van der Waals surface area contributed by atoms with Gasteiger partial charge in [-0.1, -0.05) is 12.1 Å². The van der Waals surface area contributed by atoms with E-state index in [0.717, 1.165) is 5.56 Å². The number of rotatable bonds is 5. The van der Waals surface area contributed by atoms with Gasteiger partial charge in [0.05, 0.1) is 25.0 Å². The van der Waals surface area contributed by atoms with Crippen molar-refractivity contribution < 1.29 is 9.50 Å². The van der Waals surface area contributed by atoms with Crippen LogP contribution in [0.25, 0.3) is 0 Å². The Kier molecular flexibility index (Phi) is 4.86. The molecule has 7 heteroatoms. The second kappa shape index (κ2) is 6.62. The van der Waals surface area contributed by atoms with Crippen LogP contribution in [0.5, 0.6) is 0 Å². The molecule has 0 unspecified atom stereocenters.